The van der Waals surface area contributed by atoms with Gasteiger partial charge in [-0.1, -0.05) is 0 Å². The first-order valence-corrected chi connectivity index (χ1v) is 7.17. The molecule has 1 aliphatic rings. The van der Waals surface area contributed by atoms with Crippen LogP contribution in [0.15, 0.2) is 17.8 Å². The van der Waals surface area contributed by atoms with Crippen LogP contribution in [0, 0.1) is 5.92 Å². The Hall–Kier alpha value is -1.15. The van der Waals surface area contributed by atoms with Gasteiger partial charge in [0.15, 0.2) is 4.96 Å². The summed E-state index contributed by atoms with van der Waals surface area (Å²) < 4.78 is 1.91. The molecule has 110 valence electrons. The SMILES string of the molecule is Cl.O=C(Cc1cn2ccsc2n1)NCC1CNCC1O. The molecule has 2 atom stereocenters. The number of hydrogen-bond donors (Lipinski definition) is 3. The molecule has 2 aromatic rings. The molecule has 6 nitrogen and oxygen atoms in total. The number of halogens is 1. The monoisotopic (exact) mass is 316 g/mol. The third-order valence-electron chi connectivity index (χ3n) is 3.35. The van der Waals surface area contributed by atoms with E-state index in [1.807, 2.05) is 22.2 Å². The van der Waals surface area contributed by atoms with Gasteiger partial charge in [-0.25, -0.2) is 4.98 Å². The number of β-amino-alcohol motifs (C(OH)–C–C–N with tert-alkyl or cyclic N) is 1. The van der Waals surface area contributed by atoms with Crippen molar-refractivity contribution in [3.8, 4) is 0 Å². The number of thiazole rings is 1. The van der Waals surface area contributed by atoms with E-state index in [9.17, 15) is 9.90 Å². The summed E-state index contributed by atoms with van der Waals surface area (Å²) in [6.45, 7) is 1.87. The van der Waals surface area contributed by atoms with E-state index >= 15 is 0 Å². The summed E-state index contributed by atoms with van der Waals surface area (Å²) in [7, 11) is 0. The fraction of sp³-hybridized carbons (Fsp3) is 0.500. The Kier molecular flexibility index (Phi) is 4.98. The van der Waals surface area contributed by atoms with E-state index in [1.54, 1.807) is 11.3 Å². The topological polar surface area (TPSA) is 78.7 Å². The number of nitrogens with one attached hydrogen (secondary N) is 2. The van der Waals surface area contributed by atoms with Gasteiger partial charge in [-0.15, -0.1) is 23.7 Å². The van der Waals surface area contributed by atoms with Crippen LogP contribution >= 0.6 is 23.7 Å². The second-order valence-electron chi connectivity index (χ2n) is 4.79. The number of fused-ring (bicyclic) bond motifs is 1. The van der Waals surface area contributed by atoms with Gasteiger partial charge in [0.05, 0.1) is 18.2 Å². The van der Waals surface area contributed by atoms with Gasteiger partial charge in [0.25, 0.3) is 0 Å². The smallest absolute Gasteiger partial charge is 0.226 e. The molecular formula is C12H17ClN4O2S. The maximum atomic E-state index is 11.8. The van der Waals surface area contributed by atoms with Crippen LogP contribution in [0.1, 0.15) is 5.69 Å². The number of aliphatic hydroxyl groups excluding tert-OH is 1. The van der Waals surface area contributed by atoms with Crippen LogP contribution in [-0.4, -0.2) is 46.1 Å². The average molecular weight is 317 g/mol. The first-order chi connectivity index (χ1) is 9.22. The molecule has 0 aliphatic carbocycles. The van der Waals surface area contributed by atoms with E-state index in [1.165, 1.54) is 0 Å². The maximum absolute atomic E-state index is 11.8. The molecule has 0 radical (unpaired) electrons. The van der Waals surface area contributed by atoms with Crippen molar-refractivity contribution in [1.82, 2.24) is 20.0 Å². The third-order valence-corrected chi connectivity index (χ3v) is 4.12. The van der Waals surface area contributed by atoms with Gasteiger partial charge in [0.2, 0.25) is 5.91 Å². The third kappa shape index (κ3) is 3.29. The first kappa shape index (κ1) is 15.2. The van der Waals surface area contributed by atoms with Gasteiger partial charge in [-0.05, 0) is 0 Å². The Morgan fingerprint density at radius 2 is 2.45 bits per heavy atom. The molecule has 1 amide bonds. The van der Waals surface area contributed by atoms with E-state index in [0.29, 0.717) is 13.1 Å². The molecule has 0 bridgehead atoms. The number of aliphatic hydroxyl groups is 1. The minimum absolute atomic E-state index is 0. The highest BCUT2D eigenvalue weighted by Gasteiger charge is 2.25. The highest BCUT2D eigenvalue weighted by Crippen LogP contribution is 2.12. The Morgan fingerprint density at radius 1 is 1.60 bits per heavy atom. The molecule has 3 heterocycles. The highest BCUT2D eigenvalue weighted by atomic mass is 35.5. The summed E-state index contributed by atoms with van der Waals surface area (Å²) >= 11 is 1.55. The predicted octanol–water partition coefficient (Wildman–Crippen LogP) is 0.0566. The molecule has 0 aromatic carbocycles. The maximum Gasteiger partial charge on any atom is 0.226 e. The summed E-state index contributed by atoms with van der Waals surface area (Å²) in [5, 5.41) is 17.5. The number of carbonyl (C=O) groups is 1. The van der Waals surface area contributed by atoms with E-state index in [2.05, 4.69) is 15.6 Å². The minimum Gasteiger partial charge on any atom is -0.391 e. The summed E-state index contributed by atoms with van der Waals surface area (Å²) in [5.74, 6) is 0.0549. The zero-order valence-electron chi connectivity index (χ0n) is 10.8. The Morgan fingerprint density at radius 3 is 3.15 bits per heavy atom. The zero-order chi connectivity index (χ0) is 13.2. The lowest BCUT2D eigenvalue weighted by atomic mass is 10.1. The lowest BCUT2D eigenvalue weighted by molar-refractivity contribution is -0.120. The molecule has 2 aromatic heterocycles. The number of aromatic nitrogens is 2. The van der Waals surface area contributed by atoms with E-state index in [0.717, 1.165) is 17.2 Å². The average Bonchev–Trinajstić information content (AvgIpc) is 3.02. The van der Waals surface area contributed by atoms with Crippen LogP contribution < -0.4 is 10.6 Å². The van der Waals surface area contributed by atoms with Crippen molar-refractivity contribution >= 4 is 34.6 Å². The van der Waals surface area contributed by atoms with Gasteiger partial charge >= 0.3 is 0 Å². The number of carbonyl (C=O) groups excluding carboxylic acids is 1. The summed E-state index contributed by atoms with van der Waals surface area (Å²) in [4.78, 5) is 17.1. The molecule has 1 saturated heterocycles. The van der Waals surface area contributed by atoms with Gasteiger partial charge in [0.1, 0.15) is 0 Å². The molecule has 1 fully saturated rings. The summed E-state index contributed by atoms with van der Waals surface area (Å²) in [5.41, 5.74) is 0.773. The van der Waals surface area contributed by atoms with Crippen LogP contribution in [-0.2, 0) is 11.2 Å². The fourth-order valence-corrected chi connectivity index (χ4v) is 2.98. The van der Waals surface area contributed by atoms with Crippen LogP contribution in [0.3, 0.4) is 0 Å². The standard InChI is InChI=1S/C12H16N4O2S.ClH/c17-10-6-13-4-8(10)5-14-11(18)3-9-7-16-1-2-19-12(16)15-9;/h1-2,7-8,10,13,17H,3-6H2,(H,14,18);1H. The van der Waals surface area contributed by atoms with Crippen molar-refractivity contribution in [2.24, 2.45) is 5.92 Å². The molecular weight excluding hydrogens is 300 g/mol. The molecule has 3 rings (SSSR count). The normalized spacial score (nSPS) is 21.9. The summed E-state index contributed by atoms with van der Waals surface area (Å²) in [6.07, 6.45) is 3.72. The van der Waals surface area contributed by atoms with Gasteiger partial charge in [-0.2, -0.15) is 0 Å². The van der Waals surface area contributed by atoms with Crippen molar-refractivity contribution in [3.05, 3.63) is 23.5 Å². The predicted molar refractivity (Wildman–Crippen MR) is 79.4 cm³/mol. The number of nitrogens with zero attached hydrogens (tertiary/aromatic N) is 2. The lowest BCUT2D eigenvalue weighted by Crippen LogP contribution is -2.35. The first-order valence-electron chi connectivity index (χ1n) is 6.29. The van der Waals surface area contributed by atoms with E-state index < -0.39 is 0 Å². The molecule has 8 heteroatoms. The van der Waals surface area contributed by atoms with E-state index in [4.69, 9.17) is 0 Å². The van der Waals surface area contributed by atoms with Crippen LogP contribution in [0.4, 0.5) is 0 Å². The fourth-order valence-electron chi connectivity index (χ4n) is 2.26. The van der Waals surface area contributed by atoms with Crippen molar-refractivity contribution in [1.29, 1.82) is 0 Å². The van der Waals surface area contributed by atoms with Crippen LogP contribution in [0.2, 0.25) is 0 Å². The van der Waals surface area contributed by atoms with Crippen LogP contribution in [0.5, 0.6) is 0 Å². The summed E-state index contributed by atoms with van der Waals surface area (Å²) in [6, 6.07) is 0. The van der Waals surface area contributed by atoms with Crippen molar-refractivity contribution in [2.75, 3.05) is 19.6 Å². The van der Waals surface area contributed by atoms with Crippen molar-refractivity contribution < 1.29 is 9.90 Å². The molecule has 0 spiro atoms. The van der Waals surface area contributed by atoms with Crippen molar-refractivity contribution in [2.45, 2.75) is 12.5 Å². The van der Waals surface area contributed by atoms with Gasteiger partial charge < -0.3 is 15.7 Å². The molecule has 1 aliphatic heterocycles. The Bertz CT molecular complexity index is 556. The molecule has 2 unspecified atom stereocenters. The quantitative estimate of drug-likeness (QED) is 0.745. The van der Waals surface area contributed by atoms with Gasteiger partial charge in [-0.3, -0.25) is 9.20 Å². The number of rotatable bonds is 4. The van der Waals surface area contributed by atoms with Crippen molar-refractivity contribution in [3.63, 3.8) is 0 Å². The number of imidazole rings is 1. The molecule has 20 heavy (non-hydrogen) atoms. The largest absolute Gasteiger partial charge is 0.391 e. The second-order valence-corrected chi connectivity index (χ2v) is 5.66. The van der Waals surface area contributed by atoms with Gasteiger partial charge in [0, 0.05) is 43.3 Å². The van der Waals surface area contributed by atoms with Crippen LogP contribution in [0.25, 0.3) is 4.96 Å². The van der Waals surface area contributed by atoms with E-state index in [-0.39, 0.29) is 36.8 Å². The number of amides is 1. The minimum atomic E-state index is -0.363. The number of hydrogen-bond acceptors (Lipinski definition) is 5. The second kappa shape index (κ2) is 6.53. The zero-order valence-corrected chi connectivity index (χ0v) is 12.4. The Labute approximate surface area is 126 Å². The lowest BCUT2D eigenvalue weighted by Gasteiger charge is -2.13. The highest BCUT2D eigenvalue weighted by molar-refractivity contribution is 7.15. The molecule has 3 N–H and O–H groups in total. The molecule has 0 saturated carbocycles. The Balaban J connectivity index is 0.00000147.